The number of phenols is 1. The Labute approximate surface area is 106 Å². The highest BCUT2D eigenvalue weighted by atomic mass is 35.5. The number of hydrogen-bond acceptors (Lipinski definition) is 2. The second kappa shape index (κ2) is 5.28. The lowest BCUT2D eigenvalue weighted by Crippen LogP contribution is -1.99. The molecule has 0 unspecified atom stereocenters. The molecule has 0 spiro atoms. The van der Waals surface area contributed by atoms with E-state index >= 15 is 0 Å². The summed E-state index contributed by atoms with van der Waals surface area (Å²) in [5.41, 5.74) is 0.824. The van der Waals surface area contributed by atoms with Crippen LogP contribution < -0.4 is 4.74 Å². The average molecular weight is 251 g/mol. The summed E-state index contributed by atoms with van der Waals surface area (Å²) in [6.45, 7) is 2.47. The molecule has 2 rings (SSSR count). The monoisotopic (exact) mass is 250 g/mol. The molecule has 0 saturated heterocycles. The van der Waals surface area contributed by atoms with Gasteiger partial charge in [-0.15, -0.1) is 11.6 Å². The number of benzene rings is 2. The Bertz CT molecular complexity index is 523. The van der Waals surface area contributed by atoms with Crippen molar-refractivity contribution in [1.29, 1.82) is 0 Å². The molecule has 90 valence electrons. The Kier molecular flexibility index (Phi) is 3.75. The van der Waals surface area contributed by atoms with Gasteiger partial charge in [-0.3, -0.25) is 0 Å². The Morgan fingerprint density at radius 1 is 1.24 bits per heavy atom. The molecule has 2 aromatic rings. The maximum absolute atomic E-state index is 9.98. The second-order valence-electron chi connectivity index (χ2n) is 3.98. The van der Waals surface area contributed by atoms with Gasteiger partial charge in [-0.2, -0.15) is 0 Å². The zero-order chi connectivity index (χ0) is 12.3. The van der Waals surface area contributed by atoms with Crippen molar-refractivity contribution >= 4 is 22.4 Å². The molecule has 0 aliphatic rings. The van der Waals surface area contributed by atoms with Crippen molar-refractivity contribution in [3.05, 3.63) is 35.9 Å². The molecule has 0 bridgehead atoms. The van der Waals surface area contributed by atoms with Crippen LogP contribution in [0.5, 0.6) is 11.5 Å². The molecule has 0 amide bonds. The van der Waals surface area contributed by atoms with E-state index in [0.717, 1.165) is 28.5 Å². The Morgan fingerprint density at radius 2 is 1.94 bits per heavy atom. The van der Waals surface area contributed by atoms with Crippen LogP contribution in [0, 0.1) is 6.92 Å². The zero-order valence-electron chi connectivity index (χ0n) is 9.74. The molecular weight excluding hydrogens is 236 g/mol. The van der Waals surface area contributed by atoms with Gasteiger partial charge in [0.25, 0.3) is 0 Å². The number of aromatic hydroxyl groups is 1. The predicted molar refractivity (Wildman–Crippen MR) is 71.2 cm³/mol. The van der Waals surface area contributed by atoms with Gasteiger partial charge in [0.15, 0.2) is 0 Å². The first-order chi connectivity index (χ1) is 8.24. The fraction of sp³-hybridized carbons (Fsp3) is 0.286. The first-order valence-electron chi connectivity index (χ1n) is 5.64. The molecular formula is C14H15ClO2. The molecule has 0 radical (unpaired) electrons. The number of phenolic OH excluding ortho intramolecular Hbond substituents is 1. The van der Waals surface area contributed by atoms with E-state index in [0.29, 0.717) is 18.2 Å². The Balaban J connectivity index is 2.44. The number of rotatable bonds is 4. The topological polar surface area (TPSA) is 29.5 Å². The maximum atomic E-state index is 9.98. The van der Waals surface area contributed by atoms with E-state index in [4.69, 9.17) is 16.3 Å². The smallest absolute Gasteiger partial charge is 0.127 e. The van der Waals surface area contributed by atoms with Gasteiger partial charge in [-0.1, -0.05) is 24.3 Å². The molecule has 2 nitrogen and oxygen atoms in total. The Morgan fingerprint density at radius 3 is 2.65 bits per heavy atom. The molecule has 3 heteroatoms. The lowest BCUT2D eigenvalue weighted by atomic mass is 10.1. The van der Waals surface area contributed by atoms with Crippen molar-refractivity contribution in [2.24, 2.45) is 0 Å². The van der Waals surface area contributed by atoms with Gasteiger partial charge in [0, 0.05) is 16.7 Å². The number of halogens is 1. The lowest BCUT2D eigenvalue weighted by Gasteiger charge is -2.11. The first-order valence-corrected chi connectivity index (χ1v) is 6.17. The Hall–Kier alpha value is -1.41. The quantitative estimate of drug-likeness (QED) is 0.660. The van der Waals surface area contributed by atoms with Crippen molar-refractivity contribution < 1.29 is 9.84 Å². The summed E-state index contributed by atoms with van der Waals surface area (Å²) in [5.74, 6) is 1.72. The number of fused-ring (bicyclic) bond motifs is 1. The molecule has 0 atom stereocenters. The van der Waals surface area contributed by atoms with Crippen LogP contribution in [0.25, 0.3) is 10.8 Å². The number of alkyl halides is 1. The first kappa shape index (κ1) is 12.1. The average Bonchev–Trinajstić information content (AvgIpc) is 2.36. The highest BCUT2D eigenvalue weighted by molar-refractivity contribution is 6.17. The van der Waals surface area contributed by atoms with E-state index in [1.165, 1.54) is 0 Å². The summed E-state index contributed by atoms with van der Waals surface area (Å²) in [7, 11) is 0. The van der Waals surface area contributed by atoms with Crippen LogP contribution in [0.15, 0.2) is 30.3 Å². The second-order valence-corrected chi connectivity index (χ2v) is 4.35. The van der Waals surface area contributed by atoms with Crippen LogP contribution >= 0.6 is 11.6 Å². The highest BCUT2D eigenvalue weighted by Gasteiger charge is 2.08. The SMILES string of the molecule is Cc1cc(OCCCCl)c2ccccc2c1O. The van der Waals surface area contributed by atoms with Gasteiger partial charge in [-0.05, 0) is 25.0 Å². The molecule has 0 fully saturated rings. The van der Waals surface area contributed by atoms with E-state index in [-0.39, 0.29) is 0 Å². The van der Waals surface area contributed by atoms with Crippen LogP contribution in [0.3, 0.4) is 0 Å². The van der Waals surface area contributed by atoms with E-state index in [1.54, 1.807) is 0 Å². The fourth-order valence-electron chi connectivity index (χ4n) is 1.82. The minimum Gasteiger partial charge on any atom is -0.507 e. The summed E-state index contributed by atoms with van der Waals surface area (Å²) in [6, 6.07) is 9.55. The summed E-state index contributed by atoms with van der Waals surface area (Å²) in [6.07, 6.45) is 0.815. The van der Waals surface area contributed by atoms with Crippen LogP contribution in [-0.2, 0) is 0 Å². The summed E-state index contributed by atoms with van der Waals surface area (Å²) in [4.78, 5) is 0. The van der Waals surface area contributed by atoms with E-state index < -0.39 is 0 Å². The summed E-state index contributed by atoms with van der Waals surface area (Å²) >= 11 is 5.62. The fourth-order valence-corrected chi connectivity index (χ4v) is 1.92. The van der Waals surface area contributed by atoms with Crippen molar-refractivity contribution in [2.45, 2.75) is 13.3 Å². The number of ether oxygens (including phenoxy) is 1. The molecule has 0 saturated carbocycles. The van der Waals surface area contributed by atoms with Crippen LogP contribution in [0.1, 0.15) is 12.0 Å². The highest BCUT2D eigenvalue weighted by Crippen LogP contribution is 2.35. The van der Waals surface area contributed by atoms with Crippen LogP contribution in [0.4, 0.5) is 0 Å². The van der Waals surface area contributed by atoms with Gasteiger partial charge < -0.3 is 9.84 Å². The van der Waals surface area contributed by atoms with Gasteiger partial charge in [-0.25, -0.2) is 0 Å². The minimum atomic E-state index is 0.324. The summed E-state index contributed by atoms with van der Waals surface area (Å²) in [5, 5.41) is 11.7. The molecule has 17 heavy (non-hydrogen) atoms. The lowest BCUT2D eigenvalue weighted by molar-refractivity contribution is 0.321. The van der Waals surface area contributed by atoms with E-state index in [1.807, 2.05) is 37.3 Å². The van der Waals surface area contributed by atoms with Gasteiger partial charge in [0.2, 0.25) is 0 Å². The standard InChI is InChI=1S/C14H15ClO2/c1-10-9-13(17-8-4-7-15)11-5-2-3-6-12(11)14(10)16/h2-3,5-6,9,16H,4,7-8H2,1H3. The number of aryl methyl sites for hydroxylation is 1. The molecule has 2 aromatic carbocycles. The normalized spacial score (nSPS) is 10.7. The van der Waals surface area contributed by atoms with Crippen molar-refractivity contribution in [2.75, 3.05) is 12.5 Å². The number of hydrogen-bond donors (Lipinski definition) is 1. The van der Waals surface area contributed by atoms with Crippen LogP contribution in [0.2, 0.25) is 0 Å². The van der Waals surface area contributed by atoms with Crippen molar-refractivity contribution in [1.82, 2.24) is 0 Å². The minimum absolute atomic E-state index is 0.324. The van der Waals surface area contributed by atoms with Gasteiger partial charge >= 0.3 is 0 Å². The van der Waals surface area contributed by atoms with Crippen molar-refractivity contribution in [3.63, 3.8) is 0 Å². The molecule has 0 aromatic heterocycles. The van der Waals surface area contributed by atoms with Gasteiger partial charge in [0.05, 0.1) is 6.61 Å². The third kappa shape index (κ3) is 2.47. The molecule has 1 N–H and O–H groups in total. The third-order valence-corrected chi connectivity index (χ3v) is 2.97. The predicted octanol–water partition coefficient (Wildman–Crippen LogP) is 3.86. The zero-order valence-corrected chi connectivity index (χ0v) is 10.5. The molecule has 0 heterocycles. The van der Waals surface area contributed by atoms with E-state index in [9.17, 15) is 5.11 Å². The molecule has 0 aliphatic carbocycles. The summed E-state index contributed by atoms with van der Waals surface area (Å²) < 4.78 is 5.70. The third-order valence-electron chi connectivity index (χ3n) is 2.70. The molecule has 0 aliphatic heterocycles. The van der Waals surface area contributed by atoms with E-state index in [2.05, 4.69) is 0 Å². The maximum Gasteiger partial charge on any atom is 0.127 e. The van der Waals surface area contributed by atoms with Gasteiger partial charge in [0.1, 0.15) is 11.5 Å². The van der Waals surface area contributed by atoms with Crippen molar-refractivity contribution in [3.8, 4) is 11.5 Å². The largest absolute Gasteiger partial charge is 0.507 e. The van der Waals surface area contributed by atoms with Crippen LogP contribution in [-0.4, -0.2) is 17.6 Å².